The van der Waals surface area contributed by atoms with Crippen LogP contribution in [0.2, 0.25) is 0 Å². The van der Waals surface area contributed by atoms with Gasteiger partial charge in [0.15, 0.2) is 5.82 Å². The van der Waals surface area contributed by atoms with Gasteiger partial charge >= 0.3 is 0 Å². The van der Waals surface area contributed by atoms with E-state index in [1.165, 1.54) is 0 Å². The van der Waals surface area contributed by atoms with Gasteiger partial charge in [-0.2, -0.15) is 5.21 Å². The first kappa shape index (κ1) is 7.31. The lowest BCUT2D eigenvalue weighted by Crippen LogP contribution is -2.48. The fourth-order valence-electron chi connectivity index (χ4n) is 1.71. The molecule has 13 heavy (non-hydrogen) atoms. The third-order valence-electron chi connectivity index (χ3n) is 2.39. The van der Waals surface area contributed by atoms with Crippen molar-refractivity contribution < 1.29 is 4.79 Å². The molecule has 0 aromatic carbocycles. The average Bonchev–Trinajstić information content (AvgIpc) is 2.68. The minimum absolute atomic E-state index is 0.0370. The highest BCUT2D eigenvalue weighted by atomic mass is 32.2. The predicted molar refractivity (Wildman–Crippen MR) is 44.6 cm³/mol. The largest absolute Gasteiger partial charge is 0.319 e. The van der Waals surface area contributed by atoms with Crippen molar-refractivity contribution in [3.8, 4) is 0 Å². The SMILES string of the molecule is O=C1CC2SCC(c3nn[nH]n3)N12. The standard InChI is InChI=1S/C6H7N5OS/c12-4-1-5-11(4)3(2-13-5)6-7-9-10-8-6/h3,5H,1-2H2,(H,7,8,9,10). The summed E-state index contributed by atoms with van der Waals surface area (Å²) < 4.78 is 0. The number of nitrogens with zero attached hydrogens (tertiary/aromatic N) is 4. The van der Waals surface area contributed by atoms with Crippen LogP contribution in [0.3, 0.4) is 0 Å². The smallest absolute Gasteiger partial charge is 0.227 e. The number of H-pyrrole nitrogens is 1. The zero-order valence-electron chi connectivity index (χ0n) is 6.67. The molecule has 2 unspecified atom stereocenters. The summed E-state index contributed by atoms with van der Waals surface area (Å²) in [6.45, 7) is 0. The molecule has 0 saturated carbocycles. The second kappa shape index (κ2) is 2.44. The van der Waals surface area contributed by atoms with Gasteiger partial charge < -0.3 is 4.90 Å². The summed E-state index contributed by atoms with van der Waals surface area (Å²) >= 11 is 1.79. The van der Waals surface area contributed by atoms with Crippen molar-refractivity contribution in [2.75, 3.05) is 5.75 Å². The average molecular weight is 197 g/mol. The number of aromatic amines is 1. The maximum absolute atomic E-state index is 11.2. The van der Waals surface area contributed by atoms with Crippen molar-refractivity contribution in [2.45, 2.75) is 17.8 Å². The topological polar surface area (TPSA) is 74.8 Å². The van der Waals surface area contributed by atoms with Gasteiger partial charge in [0.2, 0.25) is 5.91 Å². The Balaban J connectivity index is 1.90. The van der Waals surface area contributed by atoms with Crippen molar-refractivity contribution in [3.05, 3.63) is 5.82 Å². The van der Waals surface area contributed by atoms with Gasteiger partial charge in [-0.05, 0) is 0 Å². The molecule has 2 aliphatic heterocycles. The number of tetrazole rings is 1. The highest BCUT2D eigenvalue weighted by Gasteiger charge is 2.48. The molecule has 0 aliphatic carbocycles. The van der Waals surface area contributed by atoms with Gasteiger partial charge in [0, 0.05) is 5.75 Å². The number of carbonyl (C=O) groups is 1. The van der Waals surface area contributed by atoms with Gasteiger partial charge in [-0.15, -0.1) is 22.0 Å². The second-order valence-electron chi connectivity index (χ2n) is 3.08. The minimum Gasteiger partial charge on any atom is -0.319 e. The molecular formula is C6H7N5OS. The fourth-order valence-corrected chi connectivity index (χ4v) is 3.11. The Morgan fingerprint density at radius 3 is 3.23 bits per heavy atom. The van der Waals surface area contributed by atoms with Crippen molar-refractivity contribution in [2.24, 2.45) is 0 Å². The Kier molecular flexibility index (Phi) is 1.37. The molecule has 2 fully saturated rings. The molecule has 1 aromatic rings. The first-order valence-corrected chi connectivity index (χ1v) is 5.07. The zero-order chi connectivity index (χ0) is 8.84. The summed E-state index contributed by atoms with van der Waals surface area (Å²) in [6.07, 6.45) is 0.666. The molecule has 2 saturated heterocycles. The van der Waals surface area contributed by atoms with E-state index in [0.717, 1.165) is 5.75 Å². The molecule has 2 aliphatic rings. The van der Waals surface area contributed by atoms with Crippen molar-refractivity contribution in [1.29, 1.82) is 0 Å². The molecule has 3 heterocycles. The van der Waals surface area contributed by atoms with E-state index in [2.05, 4.69) is 20.6 Å². The van der Waals surface area contributed by atoms with Gasteiger partial charge in [-0.1, -0.05) is 5.21 Å². The number of hydrogen-bond donors (Lipinski definition) is 1. The van der Waals surface area contributed by atoms with Crippen molar-refractivity contribution in [1.82, 2.24) is 25.5 Å². The predicted octanol–water partition coefficient (Wildman–Crippen LogP) is -0.454. The van der Waals surface area contributed by atoms with Crippen LogP contribution in [0.25, 0.3) is 0 Å². The molecule has 1 aromatic heterocycles. The van der Waals surface area contributed by atoms with Gasteiger partial charge in [-0.3, -0.25) is 4.79 Å². The van der Waals surface area contributed by atoms with E-state index in [0.29, 0.717) is 17.6 Å². The molecule has 2 atom stereocenters. The number of aromatic nitrogens is 4. The molecular weight excluding hydrogens is 190 g/mol. The number of thioether (sulfide) groups is 1. The van der Waals surface area contributed by atoms with E-state index in [-0.39, 0.29) is 11.9 Å². The van der Waals surface area contributed by atoms with Crippen LogP contribution in [0.1, 0.15) is 18.3 Å². The molecule has 3 rings (SSSR count). The Labute approximate surface area is 78.1 Å². The van der Waals surface area contributed by atoms with Gasteiger partial charge in [0.25, 0.3) is 0 Å². The third kappa shape index (κ3) is 0.902. The van der Waals surface area contributed by atoms with Gasteiger partial charge in [0.1, 0.15) is 6.04 Å². The van der Waals surface area contributed by atoms with E-state index in [1.807, 2.05) is 4.90 Å². The van der Waals surface area contributed by atoms with Crippen LogP contribution >= 0.6 is 11.8 Å². The summed E-state index contributed by atoms with van der Waals surface area (Å²) in [6, 6.07) is 0.0370. The van der Waals surface area contributed by atoms with Gasteiger partial charge in [0.05, 0.1) is 11.8 Å². The van der Waals surface area contributed by atoms with E-state index >= 15 is 0 Å². The summed E-state index contributed by atoms with van der Waals surface area (Å²) in [7, 11) is 0. The summed E-state index contributed by atoms with van der Waals surface area (Å²) in [4.78, 5) is 13.1. The normalized spacial score (nSPS) is 31.7. The molecule has 1 amide bonds. The van der Waals surface area contributed by atoms with Gasteiger partial charge in [-0.25, -0.2) is 0 Å². The Morgan fingerprint density at radius 1 is 1.62 bits per heavy atom. The first-order chi connectivity index (χ1) is 6.36. The molecule has 0 radical (unpaired) electrons. The number of amides is 1. The summed E-state index contributed by atoms with van der Waals surface area (Å²) in [5.74, 6) is 1.71. The zero-order valence-corrected chi connectivity index (χ0v) is 7.49. The molecule has 6 nitrogen and oxygen atoms in total. The van der Waals surface area contributed by atoms with Crippen LogP contribution in [0, 0.1) is 0 Å². The lowest BCUT2D eigenvalue weighted by Gasteiger charge is -2.36. The molecule has 7 heteroatoms. The van der Waals surface area contributed by atoms with Crippen molar-refractivity contribution in [3.63, 3.8) is 0 Å². The monoisotopic (exact) mass is 197 g/mol. The van der Waals surface area contributed by atoms with E-state index in [9.17, 15) is 4.79 Å². The van der Waals surface area contributed by atoms with E-state index in [1.54, 1.807) is 11.8 Å². The van der Waals surface area contributed by atoms with Crippen LogP contribution in [-0.2, 0) is 4.79 Å². The number of hydrogen-bond acceptors (Lipinski definition) is 5. The fraction of sp³-hybridized carbons (Fsp3) is 0.667. The Hall–Kier alpha value is -1.11. The van der Waals surface area contributed by atoms with E-state index < -0.39 is 0 Å². The first-order valence-electron chi connectivity index (χ1n) is 4.02. The summed E-state index contributed by atoms with van der Waals surface area (Å²) in [5.41, 5.74) is 0. The summed E-state index contributed by atoms with van der Waals surface area (Å²) in [5, 5.41) is 14.0. The maximum atomic E-state index is 11.2. The lowest BCUT2D eigenvalue weighted by molar-refractivity contribution is -0.143. The maximum Gasteiger partial charge on any atom is 0.227 e. The number of carbonyl (C=O) groups excluding carboxylic acids is 1. The molecule has 0 spiro atoms. The molecule has 68 valence electrons. The van der Waals surface area contributed by atoms with Crippen molar-refractivity contribution >= 4 is 17.7 Å². The lowest BCUT2D eigenvalue weighted by atomic mass is 10.1. The third-order valence-corrected chi connectivity index (χ3v) is 3.68. The quantitative estimate of drug-likeness (QED) is 0.617. The number of nitrogens with one attached hydrogen (secondary N) is 1. The number of rotatable bonds is 1. The van der Waals surface area contributed by atoms with Crippen LogP contribution in [0.4, 0.5) is 0 Å². The van der Waals surface area contributed by atoms with Crippen LogP contribution in [0.5, 0.6) is 0 Å². The van der Waals surface area contributed by atoms with Crippen LogP contribution in [0.15, 0.2) is 0 Å². The van der Waals surface area contributed by atoms with Crippen LogP contribution in [-0.4, -0.2) is 42.6 Å². The highest BCUT2D eigenvalue weighted by Crippen LogP contribution is 2.44. The second-order valence-corrected chi connectivity index (χ2v) is 4.29. The molecule has 0 bridgehead atoms. The minimum atomic E-state index is 0.0370. The Bertz CT molecular complexity index is 339. The van der Waals surface area contributed by atoms with Crippen LogP contribution < -0.4 is 0 Å². The molecule has 1 N–H and O–H groups in total. The Morgan fingerprint density at radius 2 is 2.54 bits per heavy atom. The highest BCUT2D eigenvalue weighted by molar-refractivity contribution is 8.00. The number of β-lactam (4-membered cyclic amide) rings is 1. The van der Waals surface area contributed by atoms with E-state index in [4.69, 9.17) is 0 Å². The number of fused-ring (bicyclic) bond motifs is 1.